The molecule has 0 spiro atoms. The quantitative estimate of drug-likeness (QED) is 0.611. The molecule has 0 radical (unpaired) electrons. The Balaban J connectivity index is 1.69. The van der Waals surface area contributed by atoms with Gasteiger partial charge in [0.25, 0.3) is 5.91 Å². The van der Waals surface area contributed by atoms with Gasteiger partial charge in [-0.1, -0.05) is 55.8 Å². The summed E-state index contributed by atoms with van der Waals surface area (Å²) in [6, 6.07) is 16.2. The van der Waals surface area contributed by atoms with E-state index in [1.54, 1.807) is 23.9 Å². The number of aromatic nitrogens is 2. The van der Waals surface area contributed by atoms with E-state index >= 15 is 0 Å². The van der Waals surface area contributed by atoms with Crippen molar-refractivity contribution in [2.75, 3.05) is 5.32 Å². The van der Waals surface area contributed by atoms with Crippen molar-refractivity contribution >= 4 is 11.7 Å². The number of hydrogen-bond acceptors (Lipinski definition) is 3. The van der Waals surface area contributed by atoms with Crippen molar-refractivity contribution < 1.29 is 9.53 Å². The van der Waals surface area contributed by atoms with Gasteiger partial charge in [-0.3, -0.25) is 4.79 Å². The summed E-state index contributed by atoms with van der Waals surface area (Å²) < 4.78 is 7.81. The van der Waals surface area contributed by atoms with E-state index in [9.17, 15) is 4.79 Å². The second-order valence-corrected chi connectivity index (χ2v) is 7.81. The van der Waals surface area contributed by atoms with Crippen molar-refractivity contribution in [1.29, 1.82) is 0 Å². The maximum absolute atomic E-state index is 12.8. The van der Waals surface area contributed by atoms with Gasteiger partial charge in [0, 0.05) is 6.07 Å². The number of amides is 1. The summed E-state index contributed by atoms with van der Waals surface area (Å²) >= 11 is 0. The summed E-state index contributed by atoms with van der Waals surface area (Å²) in [5, 5.41) is 7.28. The molecular formula is C24H29N3O2. The minimum Gasteiger partial charge on any atom is -0.481 e. The van der Waals surface area contributed by atoms with Crippen LogP contribution in [0.15, 0.2) is 54.7 Å². The predicted octanol–water partition coefficient (Wildman–Crippen LogP) is 5.08. The highest BCUT2D eigenvalue weighted by molar-refractivity contribution is 5.93. The molecular weight excluding hydrogens is 362 g/mol. The van der Waals surface area contributed by atoms with Crippen LogP contribution in [0.25, 0.3) is 0 Å². The maximum Gasteiger partial charge on any atom is 0.266 e. The van der Waals surface area contributed by atoms with Gasteiger partial charge < -0.3 is 10.1 Å². The highest BCUT2D eigenvalue weighted by atomic mass is 16.5. The number of nitrogens with one attached hydrogen (secondary N) is 1. The van der Waals surface area contributed by atoms with Crippen molar-refractivity contribution in [2.45, 2.75) is 53.2 Å². The summed E-state index contributed by atoms with van der Waals surface area (Å²) in [7, 11) is 0. The number of nitrogens with zero attached hydrogens (tertiary/aromatic N) is 2. The molecule has 0 fully saturated rings. The fourth-order valence-electron chi connectivity index (χ4n) is 3.12. The summed E-state index contributed by atoms with van der Waals surface area (Å²) in [6.07, 6.45) is 1.06. The zero-order valence-electron chi connectivity index (χ0n) is 17.8. The third kappa shape index (κ3) is 5.25. The second kappa shape index (κ2) is 8.95. The number of benzene rings is 2. The predicted molar refractivity (Wildman–Crippen MR) is 116 cm³/mol. The van der Waals surface area contributed by atoms with Gasteiger partial charge in [-0.05, 0) is 49.4 Å². The number of ether oxygens (including phenoxy) is 1. The molecule has 1 N–H and O–H groups in total. The Labute approximate surface area is 172 Å². The lowest BCUT2D eigenvalue weighted by molar-refractivity contribution is -0.122. The number of carbonyl (C=O) groups excluding carboxylic acids is 1. The van der Waals surface area contributed by atoms with E-state index in [0.29, 0.717) is 18.3 Å². The summed E-state index contributed by atoms with van der Waals surface area (Å²) in [5.74, 6) is 1.53. The highest BCUT2D eigenvalue weighted by Crippen LogP contribution is 2.28. The molecule has 5 nitrogen and oxygen atoms in total. The van der Waals surface area contributed by atoms with Gasteiger partial charge in [0.15, 0.2) is 6.10 Å². The van der Waals surface area contributed by atoms with E-state index in [1.165, 1.54) is 5.56 Å². The lowest BCUT2D eigenvalue weighted by atomic mass is 10.0. The minimum atomic E-state index is -0.628. The van der Waals surface area contributed by atoms with Gasteiger partial charge in [-0.25, -0.2) is 4.68 Å². The van der Waals surface area contributed by atoms with E-state index in [-0.39, 0.29) is 5.91 Å². The maximum atomic E-state index is 12.8. The molecule has 0 aliphatic heterocycles. The van der Waals surface area contributed by atoms with Crippen LogP contribution in [-0.4, -0.2) is 21.8 Å². The van der Waals surface area contributed by atoms with Crippen LogP contribution in [-0.2, 0) is 11.3 Å². The average molecular weight is 392 g/mol. The Bertz CT molecular complexity index is 974. The van der Waals surface area contributed by atoms with Crippen LogP contribution in [0.3, 0.4) is 0 Å². The number of rotatable bonds is 7. The van der Waals surface area contributed by atoms with Crippen LogP contribution < -0.4 is 10.1 Å². The molecule has 1 aromatic heterocycles. The largest absolute Gasteiger partial charge is 0.481 e. The van der Waals surface area contributed by atoms with Gasteiger partial charge >= 0.3 is 0 Å². The number of anilines is 1. The topological polar surface area (TPSA) is 56.2 Å². The molecule has 0 saturated carbocycles. The Hall–Kier alpha value is -3.08. The molecule has 2 aromatic carbocycles. The first-order valence-corrected chi connectivity index (χ1v) is 9.99. The summed E-state index contributed by atoms with van der Waals surface area (Å²) in [6.45, 7) is 10.7. The van der Waals surface area contributed by atoms with Crippen LogP contribution >= 0.6 is 0 Å². The third-order valence-electron chi connectivity index (χ3n) is 4.88. The molecule has 0 saturated heterocycles. The molecule has 0 unspecified atom stereocenters. The highest BCUT2D eigenvalue weighted by Gasteiger charge is 2.19. The zero-order valence-corrected chi connectivity index (χ0v) is 17.8. The molecule has 1 atom stereocenters. The summed E-state index contributed by atoms with van der Waals surface area (Å²) in [4.78, 5) is 12.8. The van der Waals surface area contributed by atoms with Crippen molar-refractivity contribution in [2.24, 2.45) is 0 Å². The molecule has 29 heavy (non-hydrogen) atoms. The van der Waals surface area contributed by atoms with Gasteiger partial charge in [-0.15, -0.1) is 0 Å². The van der Waals surface area contributed by atoms with Crippen molar-refractivity contribution in [3.63, 3.8) is 0 Å². The van der Waals surface area contributed by atoms with E-state index in [2.05, 4.69) is 67.6 Å². The molecule has 1 amide bonds. The lowest BCUT2D eigenvalue weighted by Crippen LogP contribution is -2.31. The Morgan fingerprint density at radius 3 is 2.41 bits per heavy atom. The minimum absolute atomic E-state index is 0.202. The fourth-order valence-corrected chi connectivity index (χ4v) is 3.12. The van der Waals surface area contributed by atoms with Crippen molar-refractivity contribution in [3.05, 3.63) is 77.0 Å². The molecule has 0 bridgehead atoms. The van der Waals surface area contributed by atoms with E-state index in [0.717, 1.165) is 22.4 Å². The first-order chi connectivity index (χ1) is 13.8. The van der Waals surface area contributed by atoms with Crippen LogP contribution in [0.2, 0.25) is 0 Å². The fraction of sp³-hybridized carbons (Fsp3) is 0.333. The molecule has 1 heterocycles. The molecule has 0 aliphatic carbocycles. The molecule has 3 aromatic rings. The smallest absolute Gasteiger partial charge is 0.266 e. The molecule has 5 heteroatoms. The number of carbonyl (C=O) groups is 1. The lowest BCUT2D eigenvalue weighted by Gasteiger charge is -2.19. The van der Waals surface area contributed by atoms with Gasteiger partial charge in [0.2, 0.25) is 0 Å². The Morgan fingerprint density at radius 2 is 1.72 bits per heavy atom. The van der Waals surface area contributed by atoms with E-state index in [1.807, 2.05) is 13.0 Å². The van der Waals surface area contributed by atoms with Gasteiger partial charge in [0.1, 0.15) is 11.6 Å². The third-order valence-corrected chi connectivity index (χ3v) is 4.88. The second-order valence-electron chi connectivity index (χ2n) is 7.81. The van der Waals surface area contributed by atoms with E-state index < -0.39 is 6.10 Å². The Kier molecular flexibility index (Phi) is 6.37. The van der Waals surface area contributed by atoms with Gasteiger partial charge in [0.05, 0.1) is 12.7 Å². The number of hydrogen-bond donors (Lipinski definition) is 1. The molecule has 152 valence electrons. The van der Waals surface area contributed by atoms with Crippen molar-refractivity contribution in [1.82, 2.24) is 9.78 Å². The molecule has 3 rings (SSSR count). The van der Waals surface area contributed by atoms with Crippen molar-refractivity contribution in [3.8, 4) is 5.75 Å². The van der Waals surface area contributed by atoms with Gasteiger partial charge in [-0.2, -0.15) is 5.10 Å². The summed E-state index contributed by atoms with van der Waals surface area (Å²) in [5.41, 5.74) is 4.54. The SMILES string of the molecule is Cc1ccc(Cn2nccc2NC(=O)[C@H](C)Oc2cc(C)ccc2C(C)C)cc1. The standard InChI is InChI=1S/C24H29N3O2/c1-16(2)21-11-8-18(4)14-22(21)29-19(5)24(28)26-23-12-13-25-27(23)15-20-9-6-17(3)7-10-20/h6-14,16,19H,15H2,1-5H3,(H,26,28)/t19-/m0/s1. The van der Waals surface area contributed by atoms with Crippen LogP contribution in [0.5, 0.6) is 5.75 Å². The van der Waals surface area contributed by atoms with E-state index in [4.69, 9.17) is 4.74 Å². The first-order valence-electron chi connectivity index (χ1n) is 9.99. The zero-order chi connectivity index (χ0) is 21.0. The van der Waals surface area contributed by atoms with Crippen LogP contribution in [0.1, 0.15) is 48.9 Å². The van der Waals surface area contributed by atoms with Crippen LogP contribution in [0, 0.1) is 13.8 Å². The number of aryl methyl sites for hydroxylation is 2. The monoisotopic (exact) mass is 391 g/mol. The average Bonchev–Trinajstić information content (AvgIpc) is 3.10. The Morgan fingerprint density at radius 1 is 1.03 bits per heavy atom. The normalized spacial score (nSPS) is 12.1. The molecule has 0 aliphatic rings. The van der Waals surface area contributed by atoms with Crippen LogP contribution in [0.4, 0.5) is 5.82 Å². The first kappa shape index (κ1) is 20.6.